The van der Waals surface area contributed by atoms with E-state index in [2.05, 4.69) is 10.1 Å². The average molecular weight is 494 g/mol. The number of esters is 1. The van der Waals surface area contributed by atoms with Gasteiger partial charge in [0.1, 0.15) is 5.82 Å². The number of halogens is 5. The Hall–Kier alpha value is -3.92. The zero-order valence-electron chi connectivity index (χ0n) is 17.4. The van der Waals surface area contributed by atoms with Gasteiger partial charge >= 0.3 is 12.1 Å². The number of anilines is 2. The van der Waals surface area contributed by atoms with Gasteiger partial charge in [0, 0.05) is 16.8 Å². The predicted octanol–water partition coefficient (Wildman–Crippen LogP) is 5.54. The normalized spacial score (nSPS) is 11.1. The number of rotatable bonds is 5. The molecule has 1 amide bonds. The molecular weight excluding hydrogens is 478 g/mol. The summed E-state index contributed by atoms with van der Waals surface area (Å²) in [4.78, 5) is 24.4. The van der Waals surface area contributed by atoms with E-state index in [9.17, 15) is 27.2 Å². The summed E-state index contributed by atoms with van der Waals surface area (Å²) >= 11 is 5.88. The number of nitrogen functional groups attached to an aromatic ring is 1. The molecule has 0 aromatic heterocycles. The molecule has 0 heterocycles. The van der Waals surface area contributed by atoms with Gasteiger partial charge in [-0.25, -0.2) is 9.18 Å². The highest BCUT2D eigenvalue weighted by Gasteiger charge is 2.36. The molecule has 0 saturated heterocycles. The smallest absolute Gasteiger partial charge is 0.417 e. The van der Waals surface area contributed by atoms with Gasteiger partial charge in [0.05, 0.1) is 40.2 Å². The first kappa shape index (κ1) is 24.7. The lowest BCUT2D eigenvalue weighted by Crippen LogP contribution is -2.21. The van der Waals surface area contributed by atoms with E-state index in [4.69, 9.17) is 22.7 Å². The van der Waals surface area contributed by atoms with Crippen molar-refractivity contribution in [1.29, 1.82) is 5.41 Å². The van der Waals surface area contributed by atoms with Crippen LogP contribution in [0.25, 0.3) is 0 Å². The number of methoxy groups -OCH3 is 1. The van der Waals surface area contributed by atoms with E-state index in [0.29, 0.717) is 6.07 Å². The summed E-state index contributed by atoms with van der Waals surface area (Å²) in [5.41, 5.74) is 2.91. The number of carbonyl (C=O) groups is 2. The molecule has 0 fully saturated rings. The molecule has 0 aliphatic rings. The van der Waals surface area contributed by atoms with Gasteiger partial charge in [-0.1, -0.05) is 17.7 Å². The Morgan fingerprint density at radius 2 is 1.74 bits per heavy atom. The highest BCUT2D eigenvalue weighted by Crippen LogP contribution is 2.36. The van der Waals surface area contributed by atoms with Gasteiger partial charge in [-0.3, -0.25) is 10.2 Å². The number of hydrogen-bond donors (Lipinski definition) is 3. The highest BCUT2D eigenvalue weighted by atomic mass is 35.5. The highest BCUT2D eigenvalue weighted by molar-refractivity contribution is 6.34. The molecule has 0 radical (unpaired) electrons. The monoisotopic (exact) mass is 493 g/mol. The molecule has 4 N–H and O–H groups in total. The Balaban J connectivity index is 2.03. The number of amides is 1. The number of nitrogens with two attached hydrogens (primary N) is 1. The summed E-state index contributed by atoms with van der Waals surface area (Å²) in [7, 11) is 1.13. The first-order chi connectivity index (χ1) is 15.9. The lowest BCUT2D eigenvalue weighted by atomic mass is 9.98. The molecule has 0 bridgehead atoms. The number of alkyl halides is 3. The second-order valence-corrected chi connectivity index (χ2v) is 7.39. The van der Waals surface area contributed by atoms with Crippen LogP contribution in [0.3, 0.4) is 0 Å². The molecule has 34 heavy (non-hydrogen) atoms. The maximum atomic E-state index is 14.7. The van der Waals surface area contributed by atoms with Crippen molar-refractivity contribution in [3.8, 4) is 0 Å². The standard InChI is InChI=1S/C23H16ClF4N3O3/c1-34-22(33)11-5-7-13(17(25)9-11)20(30)14-8-6-12(29)10-18(14)31-21(32)19-15(23(26,27)28)3-2-4-16(19)24/h2-10,30H,29H2,1H3,(H,31,32). The van der Waals surface area contributed by atoms with Gasteiger partial charge in [0.25, 0.3) is 5.91 Å². The minimum atomic E-state index is -4.85. The van der Waals surface area contributed by atoms with Gasteiger partial charge in [-0.2, -0.15) is 13.2 Å². The van der Waals surface area contributed by atoms with Crippen molar-refractivity contribution in [2.45, 2.75) is 6.18 Å². The molecule has 0 atom stereocenters. The van der Waals surface area contributed by atoms with Crippen LogP contribution in [0.5, 0.6) is 0 Å². The third-order valence-corrected chi connectivity index (χ3v) is 5.08. The van der Waals surface area contributed by atoms with Crippen LogP contribution in [0.15, 0.2) is 54.6 Å². The lowest BCUT2D eigenvalue weighted by Gasteiger charge is -2.17. The fourth-order valence-electron chi connectivity index (χ4n) is 3.17. The summed E-state index contributed by atoms with van der Waals surface area (Å²) in [6.07, 6.45) is -4.85. The quantitative estimate of drug-likeness (QED) is 0.188. The molecule has 0 aliphatic heterocycles. The van der Waals surface area contributed by atoms with E-state index < -0.39 is 45.7 Å². The average Bonchev–Trinajstić information content (AvgIpc) is 2.77. The second-order valence-electron chi connectivity index (χ2n) is 6.98. The molecule has 11 heteroatoms. The SMILES string of the molecule is COC(=O)c1ccc(C(=N)c2ccc(N)cc2NC(=O)c2c(Cl)cccc2C(F)(F)F)c(F)c1. The summed E-state index contributed by atoms with van der Waals surface area (Å²) in [6, 6.07) is 10.1. The number of nitrogens with one attached hydrogen (secondary N) is 2. The van der Waals surface area contributed by atoms with E-state index in [1.807, 2.05) is 0 Å². The summed E-state index contributed by atoms with van der Waals surface area (Å²) < 4.78 is 59.4. The third kappa shape index (κ3) is 5.01. The fourth-order valence-corrected chi connectivity index (χ4v) is 3.43. The first-order valence-electron chi connectivity index (χ1n) is 9.47. The van der Waals surface area contributed by atoms with Crippen LogP contribution in [0, 0.1) is 11.2 Å². The Morgan fingerprint density at radius 1 is 1.06 bits per heavy atom. The summed E-state index contributed by atoms with van der Waals surface area (Å²) in [5, 5.41) is 10.3. The van der Waals surface area contributed by atoms with E-state index in [1.54, 1.807) is 0 Å². The molecule has 3 aromatic rings. The molecule has 0 saturated carbocycles. The van der Waals surface area contributed by atoms with Crippen molar-refractivity contribution in [3.63, 3.8) is 0 Å². The van der Waals surface area contributed by atoms with Crippen LogP contribution in [-0.4, -0.2) is 24.7 Å². The summed E-state index contributed by atoms with van der Waals surface area (Å²) in [5.74, 6) is -2.90. The second kappa shape index (κ2) is 9.52. The number of carbonyl (C=O) groups excluding carboxylic acids is 2. The van der Waals surface area contributed by atoms with Gasteiger partial charge in [0.15, 0.2) is 0 Å². The Bertz CT molecular complexity index is 1310. The van der Waals surface area contributed by atoms with Crippen molar-refractivity contribution in [1.82, 2.24) is 0 Å². The largest absolute Gasteiger partial charge is 0.465 e. The first-order valence-corrected chi connectivity index (χ1v) is 9.85. The molecule has 0 unspecified atom stereocenters. The maximum absolute atomic E-state index is 14.7. The van der Waals surface area contributed by atoms with Crippen LogP contribution in [0.1, 0.15) is 37.4 Å². The molecule has 0 aliphatic carbocycles. The van der Waals surface area contributed by atoms with Crippen LogP contribution in [0.4, 0.5) is 28.9 Å². The predicted molar refractivity (Wildman–Crippen MR) is 119 cm³/mol. The van der Waals surface area contributed by atoms with Gasteiger partial charge in [-0.15, -0.1) is 0 Å². The summed E-state index contributed by atoms with van der Waals surface area (Å²) in [6.45, 7) is 0. The van der Waals surface area contributed by atoms with Crippen LogP contribution in [-0.2, 0) is 10.9 Å². The van der Waals surface area contributed by atoms with E-state index in [0.717, 1.165) is 25.3 Å². The molecule has 3 rings (SSSR count). The molecule has 6 nitrogen and oxygen atoms in total. The topological polar surface area (TPSA) is 105 Å². The molecule has 176 valence electrons. The van der Waals surface area contributed by atoms with Crippen molar-refractivity contribution >= 4 is 40.6 Å². The van der Waals surface area contributed by atoms with Crippen LogP contribution < -0.4 is 11.1 Å². The minimum Gasteiger partial charge on any atom is -0.465 e. The minimum absolute atomic E-state index is 0.0344. The fraction of sp³-hybridized carbons (Fsp3) is 0.0870. The number of hydrogen-bond acceptors (Lipinski definition) is 5. The maximum Gasteiger partial charge on any atom is 0.417 e. The van der Waals surface area contributed by atoms with Gasteiger partial charge < -0.3 is 15.8 Å². The third-order valence-electron chi connectivity index (χ3n) is 4.77. The van der Waals surface area contributed by atoms with Crippen LogP contribution in [0.2, 0.25) is 5.02 Å². The van der Waals surface area contributed by atoms with Crippen LogP contribution >= 0.6 is 11.6 Å². The van der Waals surface area contributed by atoms with Crippen molar-refractivity contribution in [2.75, 3.05) is 18.2 Å². The number of benzene rings is 3. The lowest BCUT2D eigenvalue weighted by molar-refractivity contribution is -0.137. The van der Waals surface area contributed by atoms with Gasteiger partial charge in [-0.05, 0) is 48.5 Å². The van der Waals surface area contributed by atoms with Gasteiger partial charge in [0.2, 0.25) is 0 Å². The zero-order valence-corrected chi connectivity index (χ0v) is 18.1. The van der Waals surface area contributed by atoms with Crippen molar-refractivity contribution in [3.05, 3.63) is 93.3 Å². The van der Waals surface area contributed by atoms with Crippen molar-refractivity contribution in [2.24, 2.45) is 0 Å². The van der Waals surface area contributed by atoms with Crippen molar-refractivity contribution < 1.29 is 31.9 Å². The Labute approximate surface area is 195 Å². The zero-order chi connectivity index (χ0) is 25.2. The van der Waals surface area contributed by atoms with E-state index in [-0.39, 0.29) is 28.1 Å². The van der Waals surface area contributed by atoms with E-state index in [1.165, 1.54) is 30.3 Å². The number of ether oxygens (including phenoxy) is 1. The Kier molecular flexibility index (Phi) is 6.92. The molecule has 0 spiro atoms. The molecular formula is C23H16ClF4N3O3. The van der Waals surface area contributed by atoms with E-state index >= 15 is 0 Å². The Morgan fingerprint density at radius 3 is 2.35 bits per heavy atom. The molecule has 3 aromatic carbocycles.